The van der Waals surface area contributed by atoms with Crippen LogP contribution in [0.4, 0.5) is 10.1 Å². The van der Waals surface area contributed by atoms with Gasteiger partial charge in [-0.2, -0.15) is 4.99 Å². The van der Waals surface area contributed by atoms with Crippen molar-refractivity contribution in [2.24, 2.45) is 27.2 Å². The van der Waals surface area contributed by atoms with E-state index in [-0.39, 0.29) is 23.4 Å². The Labute approximate surface area is 116 Å². The Morgan fingerprint density at radius 2 is 2.00 bits per heavy atom. The average molecular weight is 283 g/mol. The zero-order chi connectivity index (χ0) is 15.0. The lowest BCUT2D eigenvalue weighted by molar-refractivity contribution is 0.172. The van der Waals surface area contributed by atoms with Crippen LogP contribution < -0.4 is 21.9 Å². The second-order valence-corrected chi connectivity index (χ2v) is 3.79. The lowest BCUT2D eigenvalue weighted by Gasteiger charge is -2.09. The van der Waals surface area contributed by atoms with E-state index in [1.54, 1.807) is 13.2 Å². The van der Waals surface area contributed by atoms with Gasteiger partial charge in [0.1, 0.15) is 11.4 Å². The Bertz CT molecular complexity index is 501. The zero-order valence-electron chi connectivity index (χ0n) is 11.2. The molecule has 1 aromatic carbocycles. The Hall–Kier alpha value is -2.35. The topological polar surface area (TPSA) is 121 Å². The molecule has 0 bridgehead atoms. The van der Waals surface area contributed by atoms with Gasteiger partial charge in [-0.05, 0) is 12.1 Å². The van der Waals surface area contributed by atoms with Gasteiger partial charge in [-0.1, -0.05) is 6.07 Å². The summed E-state index contributed by atoms with van der Waals surface area (Å²) in [6.07, 6.45) is 0.666. The molecule has 0 aromatic heterocycles. The van der Waals surface area contributed by atoms with Crippen molar-refractivity contribution in [1.82, 2.24) is 0 Å². The molecule has 0 amide bonds. The number of methoxy groups -OCH3 is 1. The molecule has 0 spiro atoms. The summed E-state index contributed by atoms with van der Waals surface area (Å²) < 4.78 is 24.1. The highest BCUT2D eigenvalue weighted by molar-refractivity contribution is 5.93. The highest BCUT2D eigenvalue weighted by Gasteiger charge is 2.09. The van der Waals surface area contributed by atoms with Crippen molar-refractivity contribution in [1.29, 1.82) is 0 Å². The van der Waals surface area contributed by atoms with Gasteiger partial charge in [0, 0.05) is 20.1 Å². The van der Waals surface area contributed by atoms with Crippen LogP contribution in [0.15, 0.2) is 28.2 Å². The van der Waals surface area contributed by atoms with Gasteiger partial charge in [0.05, 0.1) is 6.61 Å². The Morgan fingerprint density at radius 3 is 2.65 bits per heavy atom. The normalized spacial score (nSPS) is 11.2. The van der Waals surface area contributed by atoms with E-state index < -0.39 is 5.82 Å². The van der Waals surface area contributed by atoms with Gasteiger partial charge in [-0.25, -0.2) is 9.38 Å². The number of hydrogen-bond acceptors (Lipinski definition) is 3. The Kier molecular flexibility index (Phi) is 6.24. The minimum atomic E-state index is -0.581. The summed E-state index contributed by atoms with van der Waals surface area (Å²) in [5.41, 5.74) is 15.8. The number of nitrogens with zero attached hydrogens (tertiary/aromatic N) is 2. The zero-order valence-corrected chi connectivity index (χ0v) is 11.2. The summed E-state index contributed by atoms with van der Waals surface area (Å²) in [5.74, 6) is -0.833. The smallest absolute Gasteiger partial charge is 0.224 e. The summed E-state index contributed by atoms with van der Waals surface area (Å²) in [6.45, 7) is 0.909. The van der Waals surface area contributed by atoms with E-state index in [4.69, 9.17) is 26.7 Å². The number of nitrogens with two attached hydrogens (primary N) is 3. The van der Waals surface area contributed by atoms with Gasteiger partial charge in [-0.15, -0.1) is 0 Å². The number of rotatable bonds is 6. The van der Waals surface area contributed by atoms with Crippen LogP contribution in [0.3, 0.4) is 0 Å². The fraction of sp³-hybridized carbons (Fsp3) is 0.333. The van der Waals surface area contributed by atoms with Crippen LogP contribution in [0.5, 0.6) is 5.75 Å². The first-order valence-corrected chi connectivity index (χ1v) is 5.88. The van der Waals surface area contributed by atoms with Gasteiger partial charge >= 0.3 is 0 Å². The molecule has 0 aliphatic rings. The molecular weight excluding hydrogens is 265 g/mol. The number of benzene rings is 1. The molecule has 7 nitrogen and oxygen atoms in total. The van der Waals surface area contributed by atoms with E-state index in [0.29, 0.717) is 19.6 Å². The molecule has 0 aliphatic carbocycles. The molecule has 0 saturated carbocycles. The summed E-state index contributed by atoms with van der Waals surface area (Å²) in [7, 11) is 1.59. The maximum atomic E-state index is 13.7. The maximum absolute atomic E-state index is 13.7. The number of aliphatic imine (C=N–C) groups is 2. The van der Waals surface area contributed by atoms with Crippen molar-refractivity contribution < 1.29 is 13.9 Å². The average Bonchev–Trinajstić information content (AvgIpc) is 2.37. The van der Waals surface area contributed by atoms with Gasteiger partial charge < -0.3 is 26.7 Å². The van der Waals surface area contributed by atoms with Crippen LogP contribution in [-0.4, -0.2) is 32.2 Å². The standard InChI is InChI=1S/C12H18FN5O2/c1-19-6-3-7-20-9-5-2-4-8(13)10(9)17-12(16)18-11(14)15/h2,4-5H,3,6-7H2,1H3,(H6,14,15,16,17,18). The van der Waals surface area contributed by atoms with E-state index in [0.717, 1.165) is 0 Å². The van der Waals surface area contributed by atoms with Gasteiger partial charge in [0.25, 0.3) is 0 Å². The largest absolute Gasteiger partial charge is 0.491 e. The minimum absolute atomic E-state index is 0.0487. The first kappa shape index (κ1) is 15.7. The number of para-hydroxylation sites is 1. The molecule has 1 rings (SSSR count). The van der Waals surface area contributed by atoms with E-state index in [9.17, 15) is 4.39 Å². The monoisotopic (exact) mass is 283 g/mol. The van der Waals surface area contributed by atoms with E-state index >= 15 is 0 Å². The predicted octanol–water partition coefficient (Wildman–Crippen LogP) is 0.461. The van der Waals surface area contributed by atoms with Gasteiger partial charge in [-0.3, -0.25) is 0 Å². The molecule has 0 unspecified atom stereocenters. The Morgan fingerprint density at radius 1 is 1.25 bits per heavy atom. The highest BCUT2D eigenvalue weighted by Crippen LogP contribution is 2.30. The second-order valence-electron chi connectivity index (χ2n) is 3.79. The van der Waals surface area contributed by atoms with E-state index in [2.05, 4.69) is 9.98 Å². The lowest BCUT2D eigenvalue weighted by Crippen LogP contribution is -2.26. The van der Waals surface area contributed by atoms with Crippen molar-refractivity contribution >= 4 is 17.6 Å². The molecule has 0 atom stereocenters. The highest BCUT2D eigenvalue weighted by atomic mass is 19.1. The molecule has 0 saturated heterocycles. The van der Waals surface area contributed by atoms with Crippen LogP contribution in [0, 0.1) is 5.82 Å². The van der Waals surface area contributed by atoms with Crippen LogP contribution in [0.1, 0.15) is 6.42 Å². The molecular formula is C12H18FN5O2. The number of halogens is 1. The van der Waals surface area contributed by atoms with Gasteiger partial charge in [0.2, 0.25) is 5.96 Å². The molecule has 0 fully saturated rings. The van der Waals surface area contributed by atoms with Crippen molar-refractivity contribution in [2.45, 2.75) is 6.42 Å². The van der Waals surface area contributed by atoms with Crippen LogP contribution in [0.2, 0.25) is 0 Å². The number of ether oxygens (including phenoxy) is 2. The van der Waals surface area contributed by atoms with Crippen LogP contribution in [-0.2, 0) is 4.74 Å². The van der Waals surface area contributed by atoms with Crippen LogP contribution >= 0.6 is 0 Å². The number of hydrogen-bond donors (Lipinski definition) is 3. The first-order chi connectivity index (χ1) is 9.54. The molecule has 8 heteroatoms. The fourth-order valence-corrected chi connectivity index (χ4v) is 1.38. The first-order valence-electron chi connectivity index (χ1n) is 5.88. The third-order valence-corrected chi connectivity index (χ3v) is 2.17. The van der Waals surface area contributed by atoms with Crippen molar-refractivity contribution in [2.75, 3.05) is 20.3 Å². The van der Waals surface area contributed by atoms with Crippen molar-refractivity contribution in [3.63, 3.8) is 0 Å². The second kappa shape index (κ2) is 7.95. The number of guanidine groups is 2. The summed E-state index contributed by atoms with van der Waals surface area (Å²) in [6, 6.07) is 4.33. The summed E-state index contributed by atoms with van der Waals surface area (Å²) >= 11 is 0. The SMILES string of the molecule is COCCCOc1cccc(F)c1N=C(N)N=C(N)N. The van der Waals surface area contributed by atoms with E-state index in [1.807, 2.05) is 0 Å². The minimum Gasteiger partial charge on any atom is -0.491 e. The molecule has 6 N–H and O–H groups in total. The molecule has 0 heterocycles. The molecule has 20 heavy (non-hydrogen) atoms. The van der Waals surface area contributed by atoms with E-state index in [1.165, 1.54) is 12.1 Å². The summed E-state index contributed by atoms with van der Waals surface area (Å²) in [5, 5.41) is 0. The quantitative estimate of drug-likeness (QED) is 0.398. The summed E-state index contributed by atoms with van der Waals surface area (Å²) in [4.78, 5) is 7.34. The van der Waals surface area contributed by atoms with Crippen LogP contribution in [0.25, 0.3) is 0 Å². The van der Waals surface area contributed by atoms with Crippen molar-refractivity contribution in [3.8, 4) is 5.75 Å². The van der Waals surface area contributed by atoms with Gasteiger partial charge in [0.15, 0.2) is 11.8 Å². The third-order valence-electron chi connectivity index (χ3n) is 2.17. The lowest BCUT2D eigenvalue weighted by atomic mass is 10.3. The fourth-order valence-electron chi connectivity index (χ4n) is 1.38. The molecule has 0 radical (unpaired) electrons. The molecule has 0 aliphatic heterocycles. The predicted molar refractivity (Wildman–Crippen MR) is 75.5 cm³/mol. The molecule has 110 valence electrons. The Balaban J connectivity index is 2.91. The van der Waals surface area contributed by atoms with Crippen molar-refractivity contribution in [3.05, 3.63) is 24.0 Å². The third kappa shape index (κ3) is 5.11. The maximum Gasteiger partial charge on any atom is 0.224 e. The molecule has 1 aromatic rings.